The molecule has 2 aromatic rings. The van der Waals surface area contributed by atoms with Crippen LogP contribution in [0.1, 0.15) is 37.6 Å². The number of nitrogens with zero attached hydrogens (tertiary/aromatic N) is 4. The van der Waals surface area contributed by atoms with Crippen molar-refractivity contribution in [1.29, 1.82) is 0 Å². The van der Waals surface area contributed by atoms with Crippen LogP contribution in [0, 0.1) is 5.92 Å². The first-order valence-corrected chi connectivity index (χ1v) is 8.46. The second-order valence-electron chi connectivity index (χ2n) is 6.32. The zero-order valence-electron chi connectivity index (χ0n) is 13.5. The van der Waals surface area contributed by atoms with Crippen molar-refractivity contribution < 1.29 is 0 Å². The van der Waals surface area contributed by atoms with E-state index in [4.69, 9.17) is 0 Å². The largest absolute Gasteiger partial charge is 0.334 e. The maximum atomic E-state index is 4.53. The number of imidazole rings is 1. The van der Waals surface area contributed by atoms with E-state index >= 15 is 0 Å². The minimum absolute atomic E-state index is 0.814. The molecule has 1 aliphatic rings. The van der Waals surface area contributed by atoms with E-state index in [1.165, 1.54) is 43.7 Å². The molecule has 0 spiro atoms. The zero-order valence-corrected chi connectivity index (χ0v) is 13.5. The highest BCUT2D eigenvalue weighted by molar-refractivity contribution is 5.10. The fraction of sp³-hybridized carbons (Fsp3) is 0.556. The highest BCUT2D eigenvalue weighted by atomic mass is 15.2. The molecule has 3 heterocycles. The van der Waals surface area contributed by atoms with Gasteiger partial charge in [0, 0.05) is 31.3 Å². The van der Waals surface area contributed by atoms with Gasteiger partial charge in [0.2, 0.25) is 0 Å². The third kappa shape index (κ3) is 3.95. The monoisotopic (exact) mass is 298 g/mol. The summed E-state index contributed by atoms with van der Waals surface area (Å²) in [6.07, 6.45) is 12.8. The van der Waals surface area contributed by atoms with Gasteiger partial charge in [0.25, 0.3) is 0 Å². The van der Waals surface area contributed by atoms with Crippen LogP contribution in [0.4, 0.5) is 0 Å². The highest BCUT2D eigenvalue weighted by Gasteiger charge is 2.20. The van der Waals surface area contributed by atoms with Crippen LogP contribution >= 0.6 is 0 Å². The van der Waals surface area contributed by atoms with E-state index in [-0.39, 0.29) is 0 Å². The van der Waals surface area contributed by atoms with Crippen LogP contribution < -0.4 is 0 Å². The Morgan fingerprint density at radius 1 is 1.14 bits per heavy atom. The predicted octanol–water partition coefficient (Wildman–Crippen LogP) is 3.14. The van der Waals surface area contributed by atoms with Crippen molar-refractivity contribution in [3.05, 3.63) is 48.3 Å². The van der Waals surface area contributed by atoms with Crippen LogP contribution in [0.25, 0.3) is 0 Å². The molecular weight excluding hydrogens is 272 g/mol. The highest BCUT2D eigenvalue weighted by Crippen LogP contribution is 2.22. The molecule has 4 heteroatoms. The first kappa shape index (κ1) is 15.2. The minimum Gasteiger partial charge on any atom is -0.334 e. The Morgan fingerprint density at radius 2 is 1.91 bits per heavy atom. The van der Waals surface area contributed by atoms with Crippen molar-refractivity contribution in [2.75, 3.05) is 13.1 Å². The Morgan fingerprint density at radius 3 is 2.64 bits per heavy atom. The van der Waals surface area contributed by atoms with Gasteiger partial charge in [0.15, 0.2) is 0 Å². The summed E-state index contributed by atoms with van der Waals surface area (Å²) in [6, 6.07) is 4.29. The summed E-state index contributed by atoms with van der Waals surface area (Å²) < 4.78 is 2.29. The molecule has 0 aromatic carbocycles. The molecular formula is C18H26N4. The van der Waals surface area contributed by atoms with E-state index in [0.717, 1.165) is 25.4 Å². The maximum absolute atomic E-state index is 4.53. The number of rotatable bonds is 6. The number of aryl methyl sites for hydroxylation is 1. The molecule has 0 aliphatic carbocycles. The Bertz CT molecular complexity index is 555. The lowest BCUT2D eigenvalue weighted by atomic mass is 9.90. The lowest BCUT2D eigenvalue weighted by molar-refractivity contribution is 0.171. The van der Waals surface area contributed by atoms with Crippen molar-refractivity contribution in [3.8, 4) is 0 Å². The first-order valence-electron chi connectivity index (χ1n) is 8.46. The van der Waals surface area contributed by atoms with Gasteiger partial charge in [-0.05, 0) is 62.4 Å². The standard InChI is InChI=1S/C18H26N4/c1-2-10-22-13-9-20-18(22)15-21-11-5-17(6-12-21)14-16-3-7-19-8-4-16/h3-4,7-9,13,17H,2,5-6,10-12,14-15H2,1H3. The third-order valence-electron chi connectivity index (χ3n) is 4.61. The molecule has 118 valence electrons. The normalized spacial score (nSPS) is 17.0. The van der Waals surface area contributed by atoms with Crippen molar-refractivity contribution in [3.63, 3.8) is 0 Å². The van der Waals surface area contributed by atoms with Gasteiger partial charge < -0.3 is 4.57 Å². The SMILES string of the molecule is CCCn1ccnc1CN1CCC(Cc2ccncc2)CC1. The topological polar surface area (TPSA) is 34.0 Å². The van der Waals surface area contributed by atoms with E-state index < -0.39 is 0 Å². The van der Waals surface area contributed by atoms with E-state index in [1.54, 1.807) is 0 Å². The van der Waals surface area contributed by atoms with E-state index in [1.807, 2.05) is 18.6 Å². The molecule has 0 atom stereocenters. The molecule has 0 radical (unpaired) electrons. The van der Waals surface area contributed by atoms with Gasteiger partial charge in [-0.25, -0.2) is 4.98 Å². The van der Waals surface area contributed by atoms with Gasteiger partial charge in [-0.15, -0.1) is 0 Å². The average Bonchev–Trinajstić information content (AvgIpc) is 2.98. The molecule has 4 nitrogen and oxygen atoms in total. The van der Waals surface area contributed by atoms with Gasteiger partial charge in [0.05, 0.1) is 6.54 Å². The number of hydrogen-bond acceptors (Lipinski definition) is 3. The third-order valence-corrected chi connectivity index (χ3v) is 4.61. The van der Waals surface area contributed by atoms with E-state index in [2.05, 4.69) is 44.7 Å². The molecule has 0 saturated carbocycles. The molecule has 1 fully saturated rings. The van der Waals surface area contributed by atoms with Crippen LogP contribution in [0.3, 0.4) is 0 Å². The van der Waals surface area contributed by atoms with Crippen molar-refractivity contribution >= 4 is 0 Å². The van der Waals surface area contributed by atoms with Gasteiger partial charge in [-0.2, -0.15) is 0 Å². The van der Waals surface area contributed by atoms with Gasteiger partial charge in [-0.3, -0.25) is 9.88 Å². The number of pyridine rings is 1. The summed E-state index contributed by atoms with van der Waals surface area (Å²) in [5, 5.41) is 0. The van der Waals surface area contributed by atoms with Crippen molar-refractivity contribution in [1.82, 2.24) is 19.4 Å². The Kier molecular flexibility index (Phi) is 5.22. The Hall–Kier alpha value is -1.68. The lowest BCUT2D eigenvalue weighted by Gasteiger charge is -2.31. The summed E-state index contributed by atoms with van der Waals surface area (Å²) in [4.78, 5) is 11.2. The Labute approximate surface area is 133 Å². The number of hydrogen-bond donors (Lipinski definition) is 0. The average molecular weight is 298 g/mol. The summed E-state index contributed by atoms with van der Waals surface area (Å²) >= 11 is 0. The van der Waals surface area contributed by atoms with E-state index in [0.29, 0.717) is 0 Å². The number of likely N-dealkylation sites (tertiary alicyclic amines) is 1. The lowest BCUT2D eigenvalue weighted by Crippen LogP contribution is -2.34. The second-order valence-corrected chi connectivity index (χ2v) is 6.32. The van der Waals surface area contributed by atoms with Gasteiger partial charge in [-0.1, -0.05) is 6.92 Å². The molecule has 0 N–H and O–H groups in total. The first-order chi connectivity index (χ1) is 10.8. The molecule has 1 aliphatic heterocycles. The molecule has 1 saturated heterocycles. The summed E-state index contributed by atoms with van der Waals surface area (Å²) in [5.74, 6) is 2.03. The second kappa shape index (κ2) is 7.54. The molecule has 2 aromatic heterocycles. The summed E-state index contributed by atoms with van der Waals surface area (Å²) in [7, 11) is 0. The summed E-state index contributed by atoms with van der Waals surface area (Å²) in [6.45, 7) is 6.67. The molecule has 0 bridgehead atoms. The molecule has 3 rings (SSSR count). The van der Waals surface area contributed by atoms with E-state index in [9.17, 15) is 0 Å². The summed E-state index contributed by atoms with van der Waals surface area (Å²) in [5.41, 5.74) is 1.42. The Balaban J connectivity index is 1.48. The van der Waals surface area contributed by atoms with Gasteiger partial charge >= 0.3 is 0 Å². The zero-order chi connectivity index (χ0) is 15.2. The molecule has 22 heavy (non-hydrogen) atoms. The van der Waals surface area contributed by atoms with Crippen molar-refractivity contribution in [2.24, 2.45) is 5.92 Å². The van der Waals surface area contributed by atoms with Crippen LogP contribution in [-0.2, 0) is 19.5 Å². The van der Waals surface area contributed by atoms with Crippen LogP contribution in [0.15, 0.2) is 36.9 Å². The maximum Gasteiger partial charge on any atom is 0.122 e. The van der Waals surface area contributed by atoms with Gasteiger partial charge in [0.1, 0.15) is 5.82 Å². The fourth-order valence-corrected chi connectivity index (χ4v) is 3.34. The van der Waals surface area contributed by atoms with Crippen LogP contribution in [0.5, 0.6) is 0 Å². The van der Waals surface area contributed by atoms with Crippen LogP contribution in [0.2, 0.25) is 0 Å². The smallest absolute Gasteiger partial charge is 0.122 e. The quantitative estimate of drug-likeness (QED) is 0.821. The predicted molar refractivity (Wildman–Crippen MR) is 88.5 cm³/mol. The van der Waals surface area contributed by atoms with Crippen molar-refractivity contribution in [2.45, 2.75) is 45.7 Å². The molecule has 0 unspecified atom stereocenters. The number of aromatic nitrogens is 3. The fourth-order valence-electron chi connectivity index (χ4n) is 3.34. The number of piperidine rings is 1. The van der Waals surface area contributed by atoms with Crippen LogP contribution in [-0.4, -0.2) is 32.5 Å². The molecule has 0 amide bonds. The minimum atomic E-state index is 0.814.